The molecule has 0 aliphatic carbocycles. The molecule has 0 aliphatic heterocycles. The predicted octanol–water partition coefficient (Wildman–Crippen LogP) is 4.18. The van der Waals surface area contributed by atoms with Gasteiger partial charge < -0.3 is 10.1 Å². The Hall–Kier alpha value is -2.89. The van der Waals surface area contributed by atoms with E-state index in [1.807, 2.05) is 38.1 Å². The maximum Gasteiger partial charge on any atom is 0.311 e. The zero-order chi connectivity index (χ0) is 18.4. The van der Waals surface area contributed by atoms with Crippen LogP contribution >= 0.6 is 0 Å². The van der Waals surface area contributed by atoms with Crippen molar-refractivity contribution >= 4 is 11.6 Å². The van der Waals surface area contributed by atoms with Crippen molar-refractivity contribution in [3.05, 3.63) is 69.3 Å². The Morgan fingerprint density at radius 3 is 2.44 bits per heavy atom. The van der Waals surface area contributed by atoms with Gasteiger partial charge >= 0.3 is 5.69 Å². The molecule has 0 spiro atoms. The van der Waals surface area contributed by atoms with E-state index in [2.05, 4.69) is 5.32 Å². The summed E-state index contributed by atoms with van der Waals surface area (Å²) in [5, 5.41) is 14.1. The Morgan fingerprint density at radius 1 is 1.20 bits per heavy atom. The first-order valence-corrected chi connectivity index (χ1v) is 8.24. The van der Waals surface area contributed by atoms with Gasteiger partial charge in [-0.05, 0) is 38.0 Å². The van der Waals surface area contributed by atoms with Crippen LogP contribution in [0.15, 0.2) is 42.5 Å². The average molecular weight is 342 g/mol. The molecule has 0 saturated heterocycles. The van der Waals surface area contributed by atoms with E-state index in [1.54, 1.807) is 6.92 Å². The Balaban J connectivity index is 2.22. The summed E-state index contributed by atoms with van der Waals surface area (Å²) in [6.45, 7) is 6.04. The zero-order valence-corrected chi connectivity index (χ0v) is 14.6. The summed E-state index contributed by atoms with van der Waals surface area (Å²) in [5.41, 5.74) is 2.17. The molecule has 1 N–H and O–H groups in total. The number of nitrogens with zero attached hydrogens (tertiary/aromatic N) is 1. The van der Waals surface area contributed by atoms with Crippen LogP contribution in [0.3, 0.4) is 0 Å². The molecule has 0 heterocycles. The molecule has 2 aromatic rings. The molecule has 0 aromatic heterocycles. The molecule has 0 fully saturated rings. The Bertz CT molecular complexity index is 757. The molecule has 2 rings (SSSR count). The van der Waals surface area contributed by atoms with Gasteiger partial charge in [-0.3, -0.25) is 14.9 Å². The standard InChI is InChI=1S/C19H22N2O4/c1-4-16(14-8-6-13(3)7-9-14)20-19(22)15-10-11-18(25-5-2)17(12-15)21(23)24/h6-12,16H,4-5H2,1-3H3,(H,20,22). The third-order valence-corrected chi connectivity index (χ3v) is 3.91. The number of carbonyl (C=O) groups excluding carboxylic acids is 1. The van der Waals surface area contributed by atoms with Crippen LogP contribution in [0.25, 0.3) is 0 Å². The van der Waals surface area contributed by atoms with Gasteiger partial charge in [-0.15, -0.1) is 0 Å². The van der Waals surface area contributed by atoms with E-state index in [0.717, 1.165) is 11.1 Å². The van der Waals surface area contributed by atoms with Crippen LogP contribution in [0.5, 0.6) is 5.75 Å². The SMILES string of the molecule is CCOc1ccc(C(=O)NC(CC)c2ccc(C)cc2)cc1[N+](=O)[O-]. The molecule has 6 heteroatoms. The van der Waals surface area contributed by atoms with Crippen molar-refractivity contribution in [3.8, 4) is 5.75 Å². The number of nitrogens with one attached hydrogen (secondary N) is 1. The Kier molecular flexibility index (Phi) is 6.11. The first kappa shape index (κ1) is 18.4. The molecular weight excluding hydrogens is 320 g/mol. The third kappa shape index (κ3) is 4.56. The van der Waals surface area contributed by atoms with Crippen LogP contribution < -0.4 is 10.1 Å². The monoisotopic (exact) mass is 342 g/mol. The largest absolute Gasteiger partial charge is 0.487 e. The molecule has 1 atom stereocenters. The number of ether oxygens (including phenoxy) is 1. The van der Waals surface area contributed by atoms with Crippen LogP contribution in [-0.4, -0.2) is 17.4 Å². The molecule has 1 unspecified atom stereocenters. The van der Waals surface area contributed by atoms with Gasteiger partial charge in [0.05, 0.1) is 17.6 Å². The number of aryl methyl sites for hydroxylation is 1. The van der Waals surface area contributed by atoms with Gasteiger partial charge in [0.25, 0.3) is 5.91 Å². The summed E-state index contributed by atoms with van der Waals surface area (Å²) in [6.07, 6.45) is 0.716. The van der Waals surface area contributed by atoms with Crippen LogP contribution in [-0.2, 0) is 0 Å². The number of hydrogen-bond acceptors (Lipinski definition) is 4. The number of hydrogen-bond donors (Lipinski definition) is 1. The van der Waals surface area contributed by atoms with Crippen molar-refractivity contribution in [2.75, 3.05) is 6.61 Å². The predicted molar refractivity (Wildman–Crippen MR) is 95.9 cm³/mol. The van der Waals surface area contributed by atoms with Gasteiger partial charge in [0, 0.05) is 11.6 Å². The van der Waals surface area contributed by atoms with E-state index in [9.17, 15) is 14.9 Å². The van der Waals surface area contributed by atoms with Crippen molar-refractivity contribution in [2.45, 2.75) is 33.2 Å². The molecule has 0 aliphatic rings. The fourth-order valence-electron chi connectivity index (χ4n) is 2.54. The van der Waals surface area contributed by atoms with Crippen molar-refractivity contribution in [1.82, 2.24) is 5.32 Å². The fourth-order valence-corrected chi connectivity index (χ4v) is 2.54. The van der Waals surface area contributed by atoms with Gasteiger partial charge in [0.2, 0.25) is 0 Å². The van der Waals surface area contributed by atoms with Crippen LogP contribution in [0.1, 0.15) is 47.8 Å². The summed E-state index contributed by atoms with van der Waals surface area (Å²) in [5.74, 6) is -0.187. The lowest BCUT2D eigenvalue weighted by Gasteiger charge is -2.18. The minimum Gasteiger partial charge on any atom is -0.487 e. The molecule has 6 nitrogen and oxygen atoms in total. The third-order valence-electron chi connectivity index (χ3n) is 3.91. The number of benzene rings is 2. The van der Waals surface area contributed by atoms with Crippen molar-refractivity contribution in [3.63, 3.8) is 0 Å². The van der Waals surface area contributed by atoms with Crippen molar-refractivity contribution < 1.29 is 14.5 Å². The Morgan fingerprint density at radius 2 is 1.88 bits per heavy atom. The van der Waals surface area contributed by atoms with E-state index in [0.29, 0.717) is 13.0 Å². The number of amides is 1. The van der Waals surface area contributed by atoms with Crippen LogP contribution in [0.2, 0.25) is 0 Å². The van der Waals surface area contributed by atoms with Crippen LogP contribution in [0.4, 0.5) is 5.69 Å². The quantitative estimate of drug-likeness (QED) is 0.604. The first-order chi connectivity index (χ1) is 12.0. The van der Waals surface area contributed by atoms with Crippen molar-refractivity contribution in [1.29, 1.82) is 0 Å². The van der Waals surface area contributed by atoms with E-state index < -0.39 is 4.92 Å². The zero-order valence-electron chi connectivity index (χ0n) is 14.6. The van der Waals surface area contributed by atoms with Gasteiger partial charge in [0.1, 0.15) is 0 Å². The molecule has 0 bridgehead atoms. The van der Waals surface area contributed by atoms with E-state index in [-0.39, 0.29) is 28.9 Å². The van der Waals surface area contributed by atoms with Gasteiger partial charge in [-0.25, -0.2) is 0 Å². The number of carbonyl (C=O) groups is 1. The van der Waals surface area contributed by atoms with E-state index in [4.69, 9.17) is 4.74 Å². The second-order valence-electron chi connectivity index (χ2n) is 5.72. The average Bonchev–Trinajstić information content (AvgIpc) is 2.60. The minimum atomic E-state index is -0.543. The lowest BCUT2D eigenvalue weighted by molar-refractivity contribution is -0.385. The van der Waals surface area contributed by atoms with Gasteiger partial charge in [-0.1, -0.05) is 36.8 Å². The molecule has 1 amide bonds. The Labute approximate surface area is 147 Å². The van der Waals surface area contributed by atoms with Crippen molar-refractivity contribution in [2.24, 2.45) is 0 Å². The maximum absolute atomic E-state index is 12.5. The highest BCUT2D eigenvalue weighted by molar-refractivity contribution is 5.95. The summed E-state index contributed by atoms with van der Waals surface area (Å²) in [6, 6.07) is 12.0. The molecular formula is C19H22N2O4. The molecule has 2 aromatic carbocycles. The second-order valence-corrected chi connectivity index (χ2v) is 5.72. The number of nitro benzene ring substituents is 1. The smallest absolute Gasteiger partial charge is 0.311 e. The molecule has 25 heavy (non-hydrogen) atoms. The molecule has 0 saturated carbocycles. The fraction of sp³-hybridized carbons (Fsp3) is 0.316. The molecule has 0 radical (unpaired) electrons. The van der Waals surface area contributed by atoms with Gasteiger partial charge in [-0.2, -0.15) is 0 Å². The summed E-state index contributed by atoms with van der Waals surface area (Å²) < 4.78 is 5.24. The lowest BCUT2D eigenvalue weighted by atomic mass is 10.0. The highest BCUT2D eigenvalue weighted by Gasteiger charge is 2.20. The normalized spacial score (nSPS) is 11.6. The number of rotatable bonds is 7. The maximum atomic E-state index is 12.5. The summed E-state index contributed by atoms with van der Waals surface area (Å²) in [7, 11) is 0. The lowest BCUT2D eigenvalue weighted by Crippen LogP contribution is -2.28. The van der Waals surface area contributed by atoms with Gasteiger partial charge in [0.15, 0.2) is 5.75 Å². The minimum absolute atomic E-state index is 0.154. The van der Waals surface area contributed by atoms with Crippen LogP contribution in [0, 0.1) is 17.0 Å². The summed E-state index contributed by atoms with van der Waals surface area (Å²) >= 11 is 0. The number of nitro groups is 1. The van der Waals surface area contributed by atoms with E-state index in [1.165, 1.54) is 18.2 Å². The van der Waals surface area contributed by atoms with E-state index >= 15 is 0 Å². The molecule has 132 valence electrons. The highest BCUT2D eigenvalue weighted by atomic mass is 16.6. The topological polar surface area (TPSA) is 81.5 Å². The second kappa shape index (κ2) is 8.28. The highest BCUT2D eigenvalue weighted by Crippen LogP contribution is 2.28. The first-order valence-electron chi connectivity index (χ1n) is 8.24. The summed E-state index contributed by atoms with van der Waals surface area (Å²) in [4.78, 5) is 23.2.